The van der Waals surface area contributed by atoms with Gasteiger partial charge in [0.15, 0.2) is 5.69 Å². The Labute approximate surface area is 134 Å². The van der Waals surface area contributed by atoms with Crippen molar-refractivity contribution in [1.82, 2.24) is 20.1 Å². The van der Waals surface area contributed by atoms with Crippen LogP contribution in [0.1, 0.15) is 34.6 Å². The van der Waals surface area contributed by atoms with Crippen LogP contribution in [0.25, 0.3) is 10.9 Å². The minimum Gasteiger partial charge on any atom is -0.349 e. The zero-order valence-corrected chi connectivity index (χ0v) is 13.0. The Morgan fingerprint density at radius 2 is 2.09 bits per heavy atom. The van der Waals surface area contributed by atoms with Crippen LogP contribution in [0.4, 0.5) is 0 Å². The van der Waals surface area contributed by atoms with Gasteiger partial charge in [-0.25, -0.2) is 0 Å². The molecule has 2 aromatic heterocycles. The highest BCUT2D eigenvalue weighted by molar-refractivity contribution is 5.94. The van der Waals surface area contributed by atoms with Gasteiger partial charge in [-0.3, -0.25) is 9.89 Å². The van der Waals surface area contributed by atoms with Crippen molar-refractivity contribution < 1.29 is 4.79 Å². The topological polar surface area (TPSA) is 62.7 Å². The lowest BCUT2D eigenvalue weighted by Crippen LogP contribution is -2.28. The second-order valence-electron chi connectivity index (χ2n) is 6.06. The standard InChI is InChI=1S/C18H20N4O/c23-18(17-14-6-2-3-7-15(14)20-21-17)19-10-12-22-11-9-13-5-1-4-8-16(13)22/h1,4-5,8-9,11H,2-3,6-7,10,12H2,(H,19,23)(H,20,21). The lowest BCUT2D eigenvalue weighted by atomic mass is 9.96. The number of amides is 1. The summed E-state index contributed by atoms with van der Waals surface area (Å²) in [6.45, 7) is 1.35. The number of aromatic amines is 1. The number of carbonyl (C=O) groups is 1. The maximum atomic E-state index is 12.4. The number of H-pyrrole nitrogens is 1. The first-order chi connectivity index (χ1) is 11.3. The molecular formula is C18H20N4O. The second kappa shape index (κ2) is 5.91. The van der Waals surface area contributed by atoms with Crippen LogP contribution < -0.4 is 5.32 Å². The molecule has 0 radical (unpaired) electrons. The van der Waals surface area contributed by atoms with Gasteiger partial charge in [-0.2, -0.15) is 5.10 Å². The molecule has 0 atom stereocenters. The van der Waals surface area contributed by atoms with Gasteiger partial charge in [0.2, 0.25) is 0 Å². The fraction of sp³-hybridized carbons (Fsp3) is 0.333. The van der Waals surface area contributed by atoms with E-state index in [1.54, 1.807) is 0 Å². The average Bonchev–Trinajstić information content (AvgIpc) is 3.19. The fourth-order valence-corrected chi connectivity index (χ4v) is 3.38. The number of fused-ring (bicyclic) bond motifs is 2. The Bertz CT molecular complexity index is 846. The van der Waals surface area contributed by atoms with Crippen LogP contribution in [-0.4, -0.2) is 27.2 Å². The van der Waals surface area contributed by atoms with Crippen LogP contribution >= 0.6 is 0 Å². The number of nitrogens with zero attached hydrogens (tertiary/aromatic N) is 2. The summed E-state index contributed by atoms with van der Waals surface area (Å²) in [5, 5.41) is 11.5. The van der Waals surface area contributed by atoms with Gasteiger partial charge in [-0.1, -0.05) is 18.2 Å². The van der Waals surface area contributed by atoms with E-state index >= 15 is 0 Å². The Kier molecular flexibility index (Phi) is 3.61. The van der Waals surface area contributed by atoms with E-state index in [0.29, 0.717) is 12.2 Å². The highest BCUT2D eigenvalue weighted by atomic mass is 16.1. The van der Waals surface area contributed by atoms with E-state index in [1.165, 1.54) is 17.3 Å². The van der Waals surface area contributed by atoms with Crippen LogP contribution in [0.15, 0.2) is 36.5 Å². The quantitative estimate of drug-likeness (QED) is 0.778. The Morgan fingerprint density at radius 3 is 3.04 bits per heavy atom. The molecule has 5 heteroatoms. The zero-order chi connectivity index (χ0) is 15.6. The molecule has 5 nitrogen and oxygen atoms in total. The van der Waals surface area contributed by atoms with E-state index in [-0.39, 0.29) is 5.91 Å². The predicted molar refractivity (Wildman–Crippen MR) is 89.5 cm³/mol. The Hall–Kier alpha value is -2.56. The number of carbonyl (C=O) groups excluding carboxylic acids is 1. The smallest absolute Gasteiger partial charge is 0.272 e. The van der Waals surface area contributed by atoms with Gasteiger partial charge in [0.05, 0.1) is 0 Å². The summed E-state index contributed by atoms with van der Waals surface area (Å²) in [5.41, 5.74) is 4.02. The SMILES string of the molecule is O=C(NCCn1ccc2ccccc21)c1n[nH]c2c1CCCC2. The monoisotopic (exact) mass is 308 g/mol. The van der Waals surface area contributed by atoms with E-state index in [2.05, 4.69) is 44.5 Å². The van der Waals surface area contributed by atoms with Crippen molar-refractivity contribution in [1.29, 1.82) is 0 Å². The molecule has 0 fully saturated rings. The third-order valence-electron chi connectivity index (χ3n) is 4.59. The second-order valence-corrected chi connectivity index (χ2v) is 6.06. The first-order valence-electron chi connectivity index (χ1n) is 8.21. The summed E-state index contributed by atoms with van der Waals surface area (Å²) in [4.78, 5) is 12.4. The zero-order valence-electron chi connectivity index (χ0n) is 13.0. The molecular weight excluding hydrogens is 288 g/mol. The molecule has 1 aromatic carbocycles. The Balaban J connectivity index is 1.41. The molecule has 0 aliphatic heterocycles. The lowest BCUT2D eigenvalue weighted by molar-refractivity contribution is 0.0946. The van der Waals surface area contributed by atoms with Crippen LogP contribution in [0.5, 0.6) is 0 Å². The number of para-hydroxylation sites is 1. The molecule has 4 rings (SSSR count). The van der Waals surface area contributed by atoms with Crippen LogP contribution in [0.2, 0.25) is 0 Å². The summed E-state index contributed by atoms with van der Waals surface area (Å²) >= 11 is 0. The number of rotatable bonds is 4. The largest absolute Gasteiger partial charge is 0.349 e. The summed E-state index contributed by atoms with van der Waals surface area (Å²) < 4.78 is 2.16. The van der Waals surface area contributed by atoms with E-state index in [1.807, 2.05) is 12.1 Å². The third kappa shape index (κ3) is 2.63. The van der Waals surface area contributed by atoms with E-state index in [9.17, 15) is 4.79 Å². The van der Waals surface area contributed by atoms with Gasteiger partial charge in [-0.05, 0) is 43.2 Å². The number of benzene rings is 1. The summed E-state index contributed by atoms with van der Waals surface area (Å²) in [6, 6.07) is 10.4. The molecule has 1 aliphatic carbocycles. The van der Waals surface area contributed by atoms with E-state index in [0.717, 1.165) is 37.1 Å². The van der Waals surface area contributed by atoms with Crippen molar-refractivity contribution in [3.8, 4) is 0 Å². The third-order valence-corrected chi connectivity index (χ3v) is 4.59. The number of nitrogens with one attached hydrogen (secondary N) is 2. The molecule has 2 N–H and O–H groups in total. The van der Waals surface area contributed by atoms with Crippen LogP contribution in [0.3, 0.4) is 0 Å². The fourth-order valence-electron chi connectivity index (χ4n) is 3.38. The van der Waals surface area contributed by atoms with Crippen LogP contribution in [-0.2, 0) is 19.4 Å². The molecule has 1 aliphatic rings. The molecule has 0 spiro atoms. The molecule has 2 heterocycles. The van der Waals surface area contributed by atoms with Crippen molar-refractivity contribution in [3.63, 3.8) is 0 Å². The van der Waals surface area contributed by atoms with Gasteiger partial charge >= 0.3 is 0 Å². The molecule has 0 bridgehead atoms. The first-order valence-corrected chi connectivity index (χ1v) is 8.21. The van der Waals surface area contributed by atoms with E-state index < -0.39 is 0 Å². The average molecular weight is 308 g/mol. The molecule has 23 heavy (non-hydrogen) atoms. The minimum atomic E-state index is -0.0686. The minimum absolute atomic E-state index is 0.0686. The highest BCUT2D eigenvalue weighted by Gasteiger charge is 2.21. The van der Waals surface area contributed by atoms with Crippen molar-refractivity contribution in [2.45, 2.75) is 32.2 Å². The van der Waals surface area contributed by atoms with E-state index in [4.69, 9.17) is 0 Å². The van der Waals surface area contributed by atoms with Gasteiger partial charge in [0.25, 0.3) is 5.91 Å². The Morgan fingerprint density at radius 1 is 1.22 bits per heavy atom. The van der Waals surface area contributed by atoms with Gasteiger partial charge in [0, 0.05) is 36.1 Å². The molecule has 3 aromatic rings. The van der Waals surface area contributed by atoms with Gasteiger partial charge < -0.3 is 9.88 Å². The summed E-state index contributed by atoms with van der Waals surface area (Å²) in [5.74, 6) is -0.0686. The number of hydrogen-bond acceptors (Lipinski definition) is 2. The van der Waals surface area contributed by atoms with Crippen molar-refractivity contribution in [2.24, 2.45) is 0 Å². The van der Waals surface area contributed by atoms with Gasteiger partial charge in [0.1, 0.15) is 0 Å². The lowest BCUT2D eigenvalue weighted by Gasteiger charge is -2.11. The van der Waals surface area contributed by atoms with Crippen molar-refractivity contribution in [3.05, 3.63) is 53.5 Å². The van der Waals surface area contributed by atoms with Crippen LogP contribution in [0, 0.1) is 0 Å². The van der Waals surface area contributed by atoms with Crippen molar-refractivity contribution >= 4 is 16.8 Å². The summed E-state index contributed by atoms with van der Waals surface area (Å²) in [7, 11) is 0. The maximum Gasteiger partial charge on any atom is 0.272 e. The maximum absolute atomic E-state index is 12.4. The molecule has 0 unspecified atom stereocenters. The normalized spacial score (nSPS) is 13.9. The number of hydrogen-bond donors (Lipinski definition) is 2. The summed E-state index contributed by atoms with van der Waals surface area (Å²) in [6.07, 6.45) is 6.34. The number of aryl methyl sites for hydroxylation is 1. The van der Waals surface area contributed by atoms with Crippen molar-refractivity contribution in [2.75, 3.05) is 6.54 Å². The molecule has 0 saturated carbocycles. The highest BCUT2D eigenvalue weighted by Crippen LogP contribution is 2.22. The molecule has 118 valence electrons. The van der Waals surface area contributed by atoms with Gasteiger partial charge in [-0.15, -0.1) is 0 Å². The molecule has 1 amide bonds. The predicted octanol–water partition coefficient (Wildman–Crippen LogP) is 2.67. The first kappa shape index (κ1) is 14.1. The number of aromatic nitrogens is 3. The molecule has 0 saturated heterocycles.